The molecule has 138 valence electrons. The van der Waals surface area contributed by atoms with E-state index in [9.17, 15) is 4.79 Å². The third-order valence-electron chi connectivity index (χ3n) is 4.88. The minimum Gasteiger partial charge on any atom is -0.497 e. The Bertz CT molecular complexity index is 707. The lowest BCUT2D eigenvalue weighted by molar-refractivity contribution is -0.118. The molecule has 1 aliphatic rings. The van der Waals surface area contributed by atoms with E-state index in [0.717, 1.165) is 30.0 Å². The van der Waals surface area contributed by atoms with E-state index in [1.165, 1.54) is 19.3 Å². The van der Waals surface area contributed by atoms with Crippen LogP contribution in [0.1, 0.15) is 32.1 Å². The van der Waals surface area contributed by atoms with Crippen molar-refractivity contribution in [1.29, 1.82) is 0 Å². The smallest absolute Gasteiger partial charge is 0.241 e. The van der Waals surface area contributed by atoms with Gasteiger partial charge in [0.25, 0.3) is 0 Å². The average Bonchev–Trinajstić information content (AvgIpc) is 2.70. The van der Waals surface area contributed by atoms with Crippen molar-refractivity contribution in [3.05, 3.63) is 48.5 Å². The summed E-state index contributed by atoms with van der Waals surface area (Å²) in [5.41, 5.74) is 6.87. The highest BCUT2D eigenvalue weighted by molar-refractivity contribution is 5.94. The van der Waals surface area contributed by atoms with E-state index >= 15 is 0 Å². The summed E-state index contributed by atoms with van der Waals surface area (Å²) in [7, 11) is 1.63. The SMILES string of the molecule is COc1ccc(Oc2ccc(NC(=O)[C@@H](N)C3CCCCC3)cc2)cc1. The summed E-state index contributed by atoms with van der Waals surface area (Å²) in [6.45, 7) is 0. The van der Waals surface area contributed by atoms with Crippen LogP contribution >= 0.6 is 0 Å². The fourth-order valence-electron chi connectivity index (χ4n) is 3.32. The van der Waals surface area contributed by atoms with E-state index < -0.39 is 6.04 Å². The lowest BCUT2D eigenvalue weighted by Gasteiger charge is -2.26. The number of benzene rings is 2. The number of carbonyl (C=O) groups excluding carboxylic acids is 1. The predicted octanol–water partition coefficient (Wildman–Crippen LogP) is 4.33. The number of methoxy groups -OCH3 is 1. The van der Waals surface area contributed by atoms with Crippen LogP contribution < -0.4 is 20.5 Å². The molecule has 2 aromatic rings. The molecule has 1 saturated carbocycles. The minimum absolute atomic E-state index is 0.110. The molecule has 5 nitrogen and oxygen atoms in total. The molecule has 0 unspecified atom stereocenters. The lowest BCUT2D eigenvalue weighted by Crippen LogP contribution is -2.42. The largest absolute Gasteiger partial charge is 0.497 e. The molecular weight excluding hydrogens is 328 g/mol. The van der Waals surface area contributed by atoms with Crippen LogP contribution in [0.3, 0.4) is 0 Å². The van der Waals surface area contributed by atoms with Gasteiger partial charge in [-0.25, -0.2) is 0 Å². The highest BCUT2D eigenvalue weighted by Gasteiger charge is 2.26. The number of nitrogens with one attached hydrogen (secondary N) is 1. The van der Waals surface area contributed by atoms with E-state index in [0.29, 0.717) is 11.7 Å². The number of amides is 1. The summed E-state index contributed by atoms with van der Waals surface area (Å²) >= 11 is 0. The maximum absolute atomic E-state index is 12.4. The average molecular weight is 354 g/mol. The second kappa shape index (κ2) is 8.72. The molecule has 0 radical (unpaired) electrons. The second-order valence-corrected chi connectivity index (χ2v) is 6.72. The molecule has 3 N–H and O–H groups in total. The normalized spacial score (nSPS) is 15.9. The van der Waals surface area contributed by atoms with Crippen molar-refractivity contribution in [3.63, 3.8) is 0 Å². The van der Waals surface area contributed by atoms with Gasteiger partial charge in [0, 0.05) is 5.69 Å². The van der Waals surface area contributed by atoms with Gasteiger partial charge in [0.2, 0.25) is 5.91 Å². The summed E-state index contributed by atoms with van der Waals surface area (Å²) in [6, 6.07) is 14.2. The second-order valence-electron chi connectivity index (χ2n) is 6.72. The van der Waals surface area contributed by atoms with Gasteiger partial charge in [0.15, 0.2) is 0 Å². The minimum atomic E-state index is -0.439. The first-order valence-corrected chi connectivity index (χ1v) is 9.14. The Balaban J connectivity index is 1.55. The van der Waals surface area contributed by atoms with Crippen LogP contribution in [0.5, 0.6) is 17.2 Å². The van der Waals surface area contributed by atoms with Crippen molar-refractivity contribution in [2.75, 3.05) is 12.4 Å². The topological polar surface area (TPSA) is 73.6 Å². The van der Waals surface area contributed by atoms with E-state index in [2.05, 4.69) is 5.32 Å². The summed E-state index contributed by atoms with van der Waals surface area (Å²) in [5, 5.41) is 2.91. The Hall–Kier alpha value is -2.53. The third kappa shape index (κ3) is 4.76. The summed E-state index contributed by atoms with van der Waals surface area (Å²) in [5.74, 6) is 2.39. The maximum atomic E-state index is 12.4. The zero-order chi connectivity index (χ0) is 18.4. The van der Waals surface area contributed by atoms with Gasteiger partial charge in [-0.05, 0) is 67.3 Å². The Labute approximate surface area is 154 Å². The molecule has 2 aromatic carbocycles. The molecule has 0 spiro atoms. The van der Waals surface area contributed by atoms with Gasteiger partial charge in [0.1, 0.15) is 17.2 Å². The van der Waals surface area contributed by atoms with E-state index in [-0.39, 0.29) is 5.91 Å². The summed E-state index contributed by atoms with van der Waals surface area (Å²) in [6.07, 6.45) is 5.68. The van der Waals surface area contributed by atoms with Gasteiger partial charge in [-0.2, -0.15) is 0 Å². The first-order chi connectivity index (χ1) is 12.7. The molecule has 0 aromatic heterocycles. The van der Waals surface area contributed by atoms with Crippen molar-refractivity contribution in [3.8, 4) is 17.2 Å². The Morgan fingerprint density at radius 3 is 2.08 bits per heavy atom. The molecule has 3 rings (SSSR count). The van der Waals surface area contributed by atoms with Crippen LogP contribution in [0.25, 0.3) is 0 Å². The maximum Gasteiger partial charge on any atom is 0.241 e. The number of rotatable bonds is 6. The first kappa shape index (κ1) is 18.3. The lowest BCUT2D eigenvalue weighted by atomic mass is 9.84. The fourth-order valence-corrected chi connectivity index (χ4v) is 3.32. The number of ether oxygens (including phenoxy) is 2. The summed E-state index contributed by atoms with van der Waals surface area (Å²) < 4.78 is 10.9. The van der Waals surface area contributed by atoms with Crippen molar-refractivity contribution in [1.82, 2.24) is 0 Å². The van der Waals surface area contributed by atoms with E-state index in [1.54, 1.807) is 7.11 Å². The highest BCUT2D eigenvalue weighted by atomic mass is 16.5. The van der Waals surface area contributed by atoms with Crippen LogP contribution in [0, 0.1) is 5.92 Å². The number of hydrogen-bond donors (Lipinski definition) is 2. The molecule has 1 amide bonds. The van der Waals surface area contributed by atoms with Gasteiger partial charge in [0.05, 0.1) is 13.2 Å². The molecule has 5 heteroatoms. The van der Waals surface area contributed by atoms with Crippen LogP contribution in [-0.2, 0) is 4.79 Å². The molecule has 0 aliphatic heterocycles. The molecule has 0 bridgehead atoms. The van der Waals surface area contributed by atoms with Gasteiger partial charge in [-0.15, -0.1) is 0 Å². The number of hydrogen-bond acceptors (Lipinski definition) is 4. The quantitative estimate of drug-likeness (QED) is 0.809. The molecule has 1 fully saturated rings. The Morgan fingerprint density at radius 2 is 1.50 bits per heavy atom. The van der Waals surface area contributed by atoms with Crippen molar-refractivity contribution < 1.29 is 14.3 Å². The van der Waals surface area contributed by atoms with Crippen LogP contribution in [0.4, 0.5) is 5.69 Å². The molecule has 0 saturated heterocycles. The zero-order valence-corrected chi connectivity index (χ0v) is 15.1. The van der Waals surface area contributed by atoms with E-state index in [4.69, 9.17) is 15.2 Å². The predicted molar refractivity (Wildman–Crippen MR) is 103 cm³/mol. The Morgan fingerprint density at radius 1 is 0.962 bits per heavy atom. The molecular formula is C21H26N2O3. The number of nitrogens with two attached hydrogens (primary N) is 1. The Kier molecular flexibility index (Phi) is 6.12. The molecule has 0 heterocycles. The van der Waals surface area contributed by atoms with Gasteiger partial charge < -0.3 is 20.5 Å². The molecule has 1 aliphatic carbocycles. The fraction of sp³-hybridized carbons (Fsp3) is 0.381. The standard InChI is InChI=1S/C21H26N2O3/c1-25-17-11-13-19(14-12-17)26-18-9-7-16(8-10-18)23-21(24)20(22)15-5-3-2-4-6-15/h7-15,20H,2-6,22H2,1H3,(H,23,24)/t20-/m0/s1. The van der Waals surface area contributed by atoms with Gasteiger partial charge >= 0.3 is 0 Å². The van der Waals surface area contributed by atoms with Gasteiger partial charge in [-0.3, -0.25) is 4.79 Å². The van der Waals surface area contributed by atoms with E-state index in [1.807, 2.05) is 48.5 Å². The monoisotopic (exact) mass is 354 g/mol. The molecule has 26 heavy (non-hydrogen) atoms. The van der Waals surface area contributed by atoms with Crippen molar-refractivity contribution in [2.45, 2.75) is 38.1 Å². The molecule has 1 atom stereocenters. The van der Waals surface area contributed by atoms with Crippen LogP contribution in [-0.4, -0.2) is 19.1 Å². The van der Waals surface area contributed by atoms with Crippen molar-refractivity contribution >= 4 is 11.6 Å². The van der Waals surface area contributed by atoms with Crippen molar-refractivity contribution in [2.24, 2.45) is 11.7 Å². The number of carbonyl (C=O) groups is 1. The van der Waals surface area contributed by atoms with Crippen LogP contribution in [0.2, 0.25) is 0 Å². The third-order valence-corrected chi connectivity index (χ3v) is 4.88. The zero-order valence-electron chi connectivity index (χ0n) is 15.1. The first-order valence-electron chi connectivity index (χ1n) is 9.14. The van der Waals surface area contributed by atoms with Crippen LogP contribution in [0.15, 0.2) is 48.5 Å². The van der Waals surface area contributed by atoms with Gasteiger partial charge in [-0.1, -0.05) is 19.3 Å². The highest BCUT2D eigenvalue weighted by Crippen LogP contribution is 2.27. The summed E-state index contributed by atoms with van der Waals surface area (Å²) in [4.78, 5) is 12.4. The number of anilines is 1.